The van der Waals surface area contributed by atoms with Crippen LogP contribution in [0.2, 0.25) is 0 Å². The van der Waals surface area contributed by atoms with Crippen molar-refractivity contribution in [3.05, 3.63) is 0 Å². The van der Waals surface area contributed by atoms with E-state index in [1.54, 1.807) is 0 Å². The Morgan fingerprint density at radius 1 is 1.40 bits per heavy atom. The van der Waals surface area contributed by atoms with Crippen LogP contribution in [-0.4, -0.2) is 26.1 Å². The Kier molecular flexibility index (Phi) is 5.36. The second kappa shape index (κ2) is 6.06. The number of halogens is 1. The lowest BCUT2D eigenvalue weighted by Gasteiger charge is -2.05. The minimum atomic E-state index is -3.05. The average molecular weight is 254 g/mol. The maximum absolute atomic E-state index is 11.6. The molecule has 0 heterocycles. The monoisotopic (exact) mass is 253 g/mol. The average Bonchev–Trinajstić information content (AvgIpc) is 2.83. The van der Waals surface area contributed by atoms with Gasteiger partial charge in [-0.05, 0) is 31.6 Å². The van der Waals surface area contributed by atoms with Crippen LogP contribution in [0.4, 0.5) is 0 Å². The molecule has 0 aromatic carbocycles. The molecule has 0 spiro atoms. The van der Waals surface area contributed by atoms with Crippen LogP contribution in [0.15, 0.2) is 0 Å². The summed E-state index contributed by atoms with van der Waals surface area (Å²) in [4.78, 5) is 0. The maximum Gasteiger partial charge on any atom is 0.211 e. The minimum Gasteiger partial charge on any atom is -0.212 e. The summed E-state index contributed by atoms with van der Waals surface area (Å²) in [5, 5.41) is 0. The Morgan fingerprint density at radius 3 is 2.73 bits per heavy atom. The Morgan fingerprint density at radius 2 is 2.13 bits per heavy atom. The SMILES string of the molecule is CCCC1CC1NS(=O)(=O)CCCCCl. The van der Waals surface area contributed by atoms with Crippen LogP contribution in [0, 0.1) is 5.92 Å². The molecule has 1 rings (SSSR count). The van der Waals surface area contributed by atoms with Crippen LogP contribution in [-0.2, 0) is 10.0 Å². The van der Waals surface area contributed by atoms with Gasteiger partial charge in [-0.25, -0.2) is 13.1 Å². The van der Waals surface area contributed by atoms with Crippen LogP contribution < -0.4 is 4.72 Å². The standard InChI is InChI=1S/C10H20ClNO2S/c1-2-5-9-8-10(9)12-15(13,14)7-4-3-6-11/h9-10,12H,2-8H2,1H3. The van der Waals surface area contributed by atoms with Gasteiger partial charge >= 0.3 is 0 Å². The molecular formula is C10H20ClNO2S. The van der Waals surface area contributed by atoms with Gasteiger partial charge in [-0.1, -0.05) is 13.3 Å². The first kappa shape index (κ1) is 13.3. The molecule has 15 heavy (non-hydrogen) atoms. The number of nitrogens with one attached hydrogen (secondary N) is 1. The van der Waals surface area contributed by atoms with Crippen molar-refractivity contribution in [1.29, 1.82) is 0 Å². The highest BCUT2D eigenvalue weighted by Gasteiger charge is 2.38. The molecule has 0 aromatic rings. The van der Waals surface area contributed by atoms with Crippen LogP contribution in [0.3, 0.4) is 0 Å². The molecule has 1 fully saturated rings. The van der Waals surface area contributed by atoms with Crippen molar-refractivity contribution in [3.8, 4) is 0 Å². The molecule has 0 aromatic heterocycles. The molecule has 0 amide bonds. The fourth-order valence-corrected chi connectivity index (χ4v) is 3.40. The van der Waals surface area contributed by atoms with Crippen molar-refractivity contribution in [2.45, 2.75) is 45.1 Å². The molecule has 3 nitrogen and oxygen atoms in total. The predicted octanol–water partition coefficient (Wildman–Crippen LogP) is 2.11. The number of unbranched alkanes of at least 4 members (excludes halogenated alkanes) is 1. The smallest absolute Gasteiger partial charge is 0.211 e. The number of sulfonamides is 1. The third kappa shape index (κ3) is 5.18. The highest BCUT2D eigenvalue weighted by atomic mass is 35.5. The van der Waals surface area contributed by atoms with Crippen molar-refractivity contribution in [2.24, 2.45) is 5.92 Å². The zero-order valence-corrected chi connectivity index (χ0v) is 10.8. The Labute approximate surface area is 97.6 Å². The van der Waals surface area contributed by atoms with Crippen LogP contribution in [0.25, 0.3) is 0 Å². The summed E-state index contributed by atoms with van der Waals surface area (Å²) in [7, 11) is -3.05. The van der Waals surface area contributed by atoms with Gasteiger partial charge in [0.15, 0.2) is 0 Å². The fraction of sp³-hybridized carbons (Fsp3) is 1.00. The fourth-order valence-electron chi connectivity index (χ4n) is 1.76. The molecule has 1 saturated carbocycles. The Hall–Kier alpha value is 0.200. The van der Waals surface area contributed by atoms with E-state index >= 15 is 0 Å². The molecule has 0 bridgehead atoms. The molecule has 0 aliphatic heterocycles. The summed E-state index contributed by atoms with van der Waals surface area (Å²) in [6.07, 6.45) is 4.71. The summed E-state index contributed by atoms with van der Waals surface area (Å²) in [6.45, 7) is 2.13. The molecule has 2 unspecified atom stereocenters. The largest absolute Gasteiger partial charge is 0.212 e. The molecule has 1 N–H and O–H groups in total. The van der Waals surface area contributed by atoms with Crippen LogP contribution in [0.5, 0.6) is 0 Å². The summed E-state index contributed by atoms with van der Waals surface area (Å²) in [5.74, 6) is 1.34. The van der Waals surface area contributed by atoms with Gasteiger partial charge in [0.1, 0.15) is 0 Å². The van der Waals surface area contributed by atoms with Gasteiger partial charge in [-0.15, -0.1) is 11.6 Å². The molecular weight excluding hydrogens is 234 g/mol. The first-order valence-electron chi connectivity index (χ1n) is 5.65. The molecule has 2 atom stereocenters. The van der Waals surface area contributed by atoms with E-state index in [1.165, 1.54) is 0 Å². The van der Waals surface area contributed by atoms with Gasteiger partial charge < -0.3 is 0 Å². The Bertz CT molecular complexity index is 279. The first-order chi connectivity index (χ1) is 7.09. The maximum atomic E-state index is 11.6. The number of hydrogen-bond donors (Lipinski definition) is 1. The van der Waals surface area contributed by atoms with E-state index in [0.717, 1.165) is 25.7 Å². The van der Waals surface area contributed by atoms with Crippen molar-refractivity contribution in [2.75, 3.05) is 11.6 Å². The lowest BCUT2D eigenvalue weighted by molar-refractivity contribution is 0.570. The third-order valence-corrected chi connectivity index (χ3v) is 4.46. The van der Waals surface area contributed by atoms with Gasteiger partial charge in [0.25, 0.3) is 0 Å². The molecule has 90 valence electrons. The van der Waals surface area contributed by atoms with E-state index in [4.69, 9.17) is 11.6 Å². The van der Waals surface area contributed by atoms with Crippen molar-refractivity contribution < 1.29 is 8.42 Å². The zero-order chi connectivity index (χ0) is 11.3. The van der Waals surface area contributed by atoms with Crippen LogP contribution >= 0.6 is 11.6 Å². The van der Waals surface area contributed by atoms with E-state index in [-0.39, 0.29) is 11.8 Å². The first-order valence-corrected chi connectivity index (χ1v) is 7.83. The summed E-state index contributed by atoms with van der Waals surface area (Å²) < 4.78 is 25.9. The summed E-state index contributed by atoms with van der Waals surface area (Å²) >= 11 is 5.50. The van der Waals surface area contributed by atoms with Gasteiger partial charge in [-0.2, -0.15) is 0 Å². The van der Waals surface area contributed by atoms with E-state index < -0.39 is 10.0 Å². The highest BCUT2D eigenvalue weighted by molar-refractivity contribution is 7.89. The van der Waals surface area contributed by atoms with Gasteiger partial charge in [0.2, 0.25) is 10.0 Å². The third-order valence-electron chi connectivity index (χ3n) is 2.71. The molecule has 0 saturated heterocycles. The molecule has 1 aliphatic carbocycles. The van der Waals surface area contributed by atoms with Crippen molar-refractivity contribution in [1.82, 2.24) is 4.72 Å². The molecule has 0 radical (unpaired) electrons. The number of alkyl halides is 1. The van der Waals surface area contributed by atoms with Gasteiger partial charge in [0.05, 0.1) is 5.75 Å². The van der Waals surface area contributed by atoms with Gasteiger partial charge in [0, 0.05) is 11.9 Å². The highest BCUT2D eigenvalue weighted by Crippen LogP contribution is 2.35. The topological polar surface area (TPSA) is 46.2 Å². The van der Waals surface area contributed by atoms with E-state index in [0.29, 0.717) is 18.2 Å². The van der Waals surface area contributed by atoms with E-state index in [1.807, 2.05) is 0 Å². The predicted molar refractivity (Wildman–Crippen MR) is 63.7 cm³/mol. The van der Waals surface area contributed by atoms with E-state index in [9.17, 15) is 8.42 Å². The molecule has 5 heteroatoms. The van der Waals surface area contributed by atoms with Crippen molar-refractivity contribution >= 4 is 21.6 Å². The quantitative estimate of drug-likeness (QED) is 0.532. The molecule has 1 aliphatic rings. The van der Waals surface area contributed by atoms with Crippen molar-refractivity contribution in [3.63, 3.8) is 0 Å². The minimum absolute atomic E-state index is 0.214. The van der Waals surface area contributed by atoms with E-state index in [2.05, 4.69) is 11.6 Å². The number of rotatable bonds is 8. The number of hydrogen-bond acceptors (Lipinski definition) is 2. The normalized spacial score (nSPS) is 25.5. The lowest BCUT2D eigenvalue weighted by Crippen LogP contribution is -2.29. The van der Waals surface area contributed by atoms with Crippen LogP contribution in [0.1, 0.15) is 39.0 Å². The second-order valence-electron chi connectivity index (χ2n) is 4.22. The zero-order valence-electron chi connectivity index (χ0n) is 9.21. The second-order valence-corrected chi connectivity index (χ2v) is 6.48. The lowest BCUT2D eigenvalue weighted by atomic mass is 10.2. The summed E-state index contributed by atoms with van der Waals surface area (Å²) in [5.41, 5.74) is 0. The summed E-state index contributed by atoms with van der Waals surface area (Å²) in [6, 6.07) is 0.214. The van der Waals surface area contributed by atoms with Gasteiger partial charge in [-0.3, -0.25) is 0 Å². The Balaban J connectivity index is 2.20.